The van der Waals surface area contributed by atoms with Crippen LogP contribution in [0.3, 0.4) is 0 Å². The van der Waals surface area contributed by atoms with E-state index in [9.17, 15) is 8.78 Å². The third kappa shape index (κ3) is 4.05. The lowest BCUT2D eigenvalue weighted by molar-refractivity contribution is 0.107. The average Bonchev–Trinajstić information content (AvgIpc) is 3.68. The van der Waals surface area contributed by atoms with Crippen molar-refractivity contribution in [1.29, 1.82) is 0 Å². The number of fused-ring (bicyclic) bond motifs is 5. The Bertz CT molecular complexity index is 1720. The average molecular weight is 616 g/mol. The molecule has 0 saturated carbocycles. The minimum atomic E-state index is -0.895. The molecule has 4 aliphatic rings. The second-order valence-corrected chi connectivity index (χ2v) is 13.4. The van der Waals surface area contributed by atoms with Gasteiger partial charge in [0.05, 0.1) is 20.8 Å². The van der Waals surface area contributed by atoms with E-state index in [0.29, 0.717) is 29.7 Å². The quantitative estimate of drug-likeness (QED) is 0.312. The Labute approximate surface area is 249 Å². The smallest absolute Gasteiger partial charge is 0.319 e. The van der Waals surface area contributed by atoms with Crippen LogP contribution >= 0.6 is 22.9 Å². The van der Waals surface area contributed by atoms with E-state index in [0.717, 1.165) is 56.7 Å². The Morgan fingerprint density at radius 2 is 1.95 bits per heavy atom. The first-order chi connectivity index (χ1) is 20.3. The van der Waals surface area contributed by atoms with Gasteiger partial charge in [0.15, 0.2) is 10.9 Å². The monoisotopic (exact) mass is 615 g/mol. The molecular formula is C29H29ClF3N7OS. The van der Waals surface area contributed by atoms with E-state index in [-0.39, 0.29) is 56.2 Å². The lowest BCUT2D eigenvalue weighted by Crippen LogP contribution is -2.52. The molecule has 13 heteroatoms. The first kappa shape index (κ1) is 26.7. The van der Waals surface area contributed by atoms with E-state index in [1.807, 2.05) is 0 Å². The van der Waals surface area contributed by atoms with Gasteiger partial charge in [0.2, 0.25) is 0 Å². The summed E-state index contributed by atoms with van der Waals surface area (Å²) in [5.74, 6) is -0.579. The molecule has 0 radical (unpaired) electrons. The molecular weight excluding hydrogens is 587 g/mol. The maximum Gasteiger partial charge on any atom is 0.319 e. The predicted molar refractivity (Wildman–Crippen MR) is 158 cm³/mol. The number of rotatable bonds is 5. The molecule has 4 aromatic rings. The standard InChI is InChI=1S/C29H29ClF3N7OS/c30-19-8-18-23(22(33)21(19)17-4-5-20(32)25-24(17)36-27(34)42-25)37-28(38-26(18)40-15-2-3-16(40)11-35-10-15)41-13-29-6-1-7-39(29)12-14(31)9-29/h4-5,8,14-16,35H,1-3,6-7,9-13H2,(H2,34,36)/t14-,15?,16?,29-/m1/s1. The summed E-state index contributed by atoms with van der Waals surface area (Å²) in [7, 11) is 0. The van der Waals surface area contributed by atoms with E-state index in [1.165, 1.54) is 12.1 Å². The zero-order chi connectivity index (χ0) is 28.7. The van der Waals surface area contributed by atoms with Gasteiger partial charge in [-0.05, 0) is 50.4 Å². The van der Waals surface area contributed by atoms with Crippen LogP contribution in [0.1, 0.15) is 32.1 Å². The number of anilines is 2. The normalized spacial score (nSPS) is 27.4. The Morgan fingerprint density at radius 3 is 2.76 bits per heavy atom. The third-order valence-electron chi connectivity index (χ3n) is 9.48. The molecule has 3 N–H and O–H groups in total. The van der Waals surface area contributed by atoms with Gasteiger partial charge in [-0.2, -0.15) is 9.97 Å². The number of nitrogens with one attached hydrogen (secondary N) is 1. The van der Waals surface area contributed by atoms with Gasteiger partial charge in [-0.3, -0.25) is 4.90 Å². The van der Waals surface area contributed by atoms with Gasteiger partial charge in [0.25, 0.3) is 0 Å². The van der Waals surface area contributed by atoms with Crippen molar-refractivity contribution in [3.63, 3.8) is 0 Å². The van der Waals surface area contributed by atoms with Crippen LogP contribution in [0.4, 0.5) is 24.1 Å². The number of hydrogen-bond donors (Lipinski definition) is 2. The zero-order valence-electron chi connectivity index (χ0n) is 22.7. The van der Waals surface area contributed by atoms with E-state index in [4.69, 9.17) is 27.1 Å². The number of alkyl halides is 1. The number of halogens is 4. The molecule has 4 saturated heterocycles. The highest BCUT2D eigenvalue weighted by Crippen LogP contribution is 2.45. The van der Waals surface area contributed by atoms with E-state index < -0.39 is 23.3 Å². The van der Waals surface area contributed by atoms with E-state index in [1.54, 1.807) is 6.07 Å². The summed E-state index contributed by atoms with van der Waals surface area (Å²) in [6.45, 7) is 3.05. The van der Waals surface area contributed by atoms with E-state index >= 15 is 4.39 Å². The zero-order valence-corrected chi connectivity index (χ0v) is 24.2. The maximum atomic E-state index is 16.7. The topological polar surface area (TPSA) is 92.4 Å². The number of hydrogen-bond acceptors (Lipinski definition) is 9. The number of nitrogen functional groups attached to an aromatic ring is 1. The molecule has 8 nitrogen and oxygen atoms in total. The minimum absolute atomic E-state index is 0.0493. The van der Waals surface area contributed by atoms with Gasteiger partial charge >= 0.3 is 6.01 Å². The number of nitrogens with zero attached hydrogens (tertiary/aromatic N) is 5. The highest BCUT2D eigenvalue weighted by Gasteiger charge is 2.49. The molecule has 2 aromatic heterocycles. The highest BCUT2D eigenvalue weighted by atomic mass is 35.5. The number of benzene rings is 2. The first-order valence-corrected chi connectivity index (χ1v) is 15.6. The summed E-state index contributed by atoms with van der Waals surface area (Å²) in [5.41, 5.74) is 6.19. The molecule has 4 fully saturated rings. The van der Waals surface area contributed by atoms with Gasteiger partial charge < -0.3 is 20.7 Å². The molecule has 4 aliphatic heterocycles. The summed E-state index contributed by atoms with van der Waals surface area (Å²) >= 11 is 7.80. The Morgan fingerprint density at radius 1 is 1.14 bits per heavy atom. The number of thiazole rings is 1. The number of nitrogens with two attached hydrogens (primary N) is 1. The third-order valence-corrected chi connectivity index (χ3v) is 10.7. The predicted octanol–water partition coefficient (Wildman–Crippen LogP) is 5.32. The van der Waals surface area contributed by atoms with Gasteiger partial charge in [0, 0.05) is 54.7 Å². The summed E-state index contributed by atoms with van der Waals surface area (Å²) < 4.78 is 52.2. The van der Waals surface area contributed by atoms with Crippen molar-refractivity contribution in [2.45, 2.75) is 55.9 Å². The molecule has 220 valence electrons. The second kappa shape index (κ2) is 9.80. The summed E-state index contributed by atoms with van der Waals surface area (Å²) in [6, 6.07) is 4.84. The van der Waals surface area contributed by atoms with Crippen LogP contribution in [-0.4, -0.2) is 76.4 Å². The molecule has 0 amide bonds. The van der Waals surface area contributed by atoms with Crippen LogP contribution in [0.5, 0.6) is 6.01 Å². The van der Waals surface area contributed by atoms with Crippen LogP contribution in [-0.2, 0) is 0 Å². The van der Waals surface area contributed by atoms with Crippen LogP contribution < -0.4 is 20.7 Å². The van der Waals surface area contributed by atoms with Crippen molar-refractivity contribution in [3.05, 3.63) is 34.9 Å². The highest BCUT2D eigenvalue weighted by molar-refractivity contribution is 7.22. The maximum absolute atomic E-state index is 16.7. The minimum Gasteiger partial charge on any atom is -0.461 e. The van der Waals surface area contributed by atoms with E-state index in [2.05, 4.69) is 25.1 Å². The van der Waals surface area contributed by atoms with Crippen molar-refractivity contribution in [2.24, 2.45) is 0 Å². The molecule has 2 aromatic carbocycles. The summed E-state index contributed by atoms with van der Waals surface area (Å²) in [5, 5.41) is 4.26. The number of aromatic nitrogens is 3. The van der Waals surface area contributed by atoms with Gasteiger partial charge in [-0.1, -0.05) is 22.9 Å². The van der Waals surface area contributed by atoms with Crippen molar-refractivity contribution >= 4 is 55.0 Å². The summed E-state index contributed by atoms with van der Waals surface area (Å²) in [4.78, 5) is 18.1. The SMILES string of the molecule is Nc1nc2c(-c3c(Cl)cc4c(N5C6CCC5CNC6)nc(OC[C@]56CCCN5C[C@H](F)C6)nc4c3F)ccc(F)c2s1. The Hall–Kier alpha value is -2.93. The molecule has 8 rings (SSSR count). The molecule has 2 bridgehead atoms. The fourth-order valence-corrected chi connectivity index (χ4v) is 8.69. The second-order valence-electron chi connectivity index (χ2n) is 11.9. The fourth-order valence-electron chi connectivity index (χ4n) is 7.63. The van der Waals surface area contributed by atoms with Gasteiger partial charge in [-0.25, -0.2) is 18.2 Å². The molecule has 0 spiro atoms. The molecule has 0 aliphatic carbocycles. The lowest BCUT2D eigenvalue weighted by atomic mass is 9.95. The lowest BCUT2D eigenvalue weighted by Gasteiger charge is -2.37. The van der Waals surface area contributed by atoms with Gasteiger partial charge in [0.1, 0.15) is 29.9 Å². The van der Waals surface area contributed by atoms with Crippen molar-refractivity contribution in [1.82, 2.24) is 25.2 Å². The van der Waals surface area contributed by atoms with Crippen molar-refractivity contribution < 1.29 is 17.9 Å². The molecule has 6 heterocycles. The van der Waals surface area contributed by atoms with Gasteiger partial charge in [-0.15, -0.1) is 0 Å². The molecule has 4 atom stereocenters. The van der Waals surface area contributed by atoms with Crippen molar-refractivity contribution in [3.8, 4) is 17.1 Å². The fraction of sp³-hybridized carbons (Fsp3) is 0.483. The molecule has 42 heavy (non-hydrogen) atoms. The molecule has 2 unspecified atom stereocenters. The Kier molecular flexibility index (Phi) is 6.22. The number of ether oxygens (including phenoxy) is 1. The largest absolute Gasteiger partial charge is 0.461 e. The van der Waals surface area contributed by atoms with Crippen LogP contribution in [0.2, 0.25) is 5.02 Å². The summed E-state index contributed by atoms with van der Waals surface area (Å²) in [6.07, 6.45) is 3.30. The van der Waals surface area contributed by atoms with Crippen molar-refractivity contribution in [2.75, 3.05) is 43.4 Å². The van der Waals surface area contributed by atoms with Crippen LogP contribution in [0.25, 0.3) is 32.2 Å². The number of piperazine rings is 1. The van der Waals surface area contributed by atoms with Crippen LogP contribution in [0.15, 0.2) is 18.2 Å². The first-order valence-electron chi connectivity index (χ1n) is 14.4. The Balaban J connectivity index is 1.29. The van der Waals surface area contributed by atoms with Crippen LogP contribution in [0, 0.1) is 11.6 Å².